The molecule has 1 aliphatic rings. The zero-order valence-electron chi connectivity index (χ0n) is 11.9. The molecule has 106 valence electrons. The number of amides is 1. The third kappa shape index (κ3) is 2.59. The molecule has 3 nitrogen and oxygen atoms in total. The molecule has 0 saturated heterocycles. The van der Waals surface area contributed by atoms with E-state index in [4.69, 9.17) is 0 Å². The van der Waals surface area contributed by atoms with Crippen LogP contribution in [0.5, 0.6) is 0 Å². The fraction of sp³-hybridized carbons (Fsp3) is 0.176. The van der Waals surface area contributed by atoms with E-state index in [9.17, 15) is 9.59 Å². The summed E-state index contributed by atoms with van der Waals surface area (Å²) >= 11 is 1.64. The minimum absolute atomic E-state index is 0.0511. The Morgan fingerprint density at radius 2 is 1.90 bits per heavy atom. The van der Waals surface area contributed by atoms with Gasteiger partial charge in [-0.1, -0.05) is 6.07 Å². The summed E-state index contributed by atoms with van der Waals surface area (Å²) in [5.41, 5.74) is 3.79. The molecule has 1 aliphatic heterocycles. The molecule has 21 heavy (non-hydrogen) atoms. The van der Waals surface area contributed by atoms with Crippen molar-refractivity contribution in [1.82, 2.24) is 0 Å². The molecule has 0 saturated carbocycles. The monoisotopic (exact) mass is 297 g/mol. The summed E-state index contributed by atoms with van der Waals surface area (Å²) in [5, 5.41) is 2.80. The Bertz CT molecular complexity index is 735. The summed E-state index contributed by atoms with van der Waals surface area (Å²) in [6, 6.07) is 11.3. The van der Waals surface area contributed by atoms with Crippen LogP contribution in [0.15, 0.2) is 41.3 Å². The summed E-state index contributed by atoms with van der Waals surface area (Å²) in [6.45, 7) is 1.94. The lowest BCUT2D eigenvalue weighted by Gasteiger charge is -2.09. The van der Waals surface area contributed by atoms with E-state index in [1.165, 1.54) is 0 Å². The molecule has 1 N–H and O–H groups in total. The summed E-state index contributed by atoms with van der Waals surface area (Å²) in [6.07, 6.45) is 2.35. The van der Waals surface area contributed by atoms with Crippen molar-refractivity contribution in [2.45, 2.75) is 18.2 Å². The number of benzene rings is 2. The van der Waals surface area contributed by atoms with E-state index in [1.54, 1.807) is 11.8 Å². The van der Waals surface area contributed by atoms with Gasteiger partial charge in [0, 0.05) is 16.0 Å². The second-order valence-electron chi connectivity index (χ2n) is 5.13. The molecule has 0 fully saturated rings. The maximum absolute atomic E-state index is 12.7. The van der Waals surface area contributed by atoms with Crippen LogP contribution >= 0.6 is 11.8 Å². The molecule has 2 aromatic carbocycles. The molecule has 0 unspecified atom stereocenters. The van der Waals surface area contributed by atoms with Gasteiger partial charge < -0.3 is 5.32 Å². The van der Waals surface area contributed by atoms with Crippen LogP contribution in [0.1, 0.15) is 27.0 Å². The summed E-state index contributed by atoms with van der Waals surface area (Å²) in [5.74, 6) is -0.104. The molecule has 3 rings (SSSR count). The SMILES string of the molecule is CSc1ccc(C(=O)c2cc(C)cc3c2NC(=O)C3)cc1. The molecular formula is C17H15NO2S. The first-order chi connectivity index (χ1) is 10.1. The molecule has 4 heteroatoms. The lowest BCUT2D eigenvalue weighted by molar-refractivity contribution is -0.115. The van der Waals surface area contributed by atoms with Crippen molar-refractivity contribution in [1.29, 1.82) is 0 Å². The number of hydrogen-bond donors (Lipinski definition) is 1. The minimum Gasteiger partial charge on any atom is -0.325 e. The minimum atomic E-state index is -0.0534. The van der Waals surface area contributed by atoms with E-state index in [0.29, 0.717) is 23.2 Å². The Hall–Kier alpha value is -2.07. The molecule has 0 bridgehead atoms. The summed E-state index contributed by atoms with van der Waals surface area (Å²) in [4.78, 5) is 25.4. The van der Waals surface area contributed by atoms with Crippen molar-refractivity contribution < 1.29 is 9.59 Å². The van der Waals surface area contributed by atoms with Crippen LogP contribution in [0.4, 0.5) is 5.69 Å². The van der Waals surface area contributed by atoms with Crippen molar-refractivity contribution in [3.05, 3.63) is 58.7 Å². The Balaban J connectivity index is 2.04. The number of ketones is 1. The van der Waals surface area contributed by atoms with Crippen molar-refractivity contribution in [3.63, 3.8) is 0 Å². The Morgan fingerprint density at radius 1 is 1.19 bits per heavy atom. The van der Waals surface area contributed by atoms with Crippen LogP contribution in [0, 0.1) is 6.92 Å². The number of hydrogen-bond acceptors (Lipinski definition) is 3. The fourth-order valence-corrected chi connectivity index (χ4v) is 2.99. The van der Waals surface area contributed by atoms with E-state index < -0.39 is 0 Å². The standard InChI is InChI=1S/C17H15NO2S/c1-10-7-12-9-15(19)18-16(12)14(8-10)17(20)11-3-5-13(21-2)6-4-11/h3-8H,9H2,1-2H3,(H,18,19). The first kappa shape index (κ1) is 13.9. The summed E-state index contributed by atoms with van der Waals surface area (Å²) < 4.78 is 0. The van der Waals surface area contributed by atoms with Gasteiger partial charge in [0.05, 0.1) is 12.1 Å². The van der Waals surface area contributed by atoms with Gasteiger partial charge in [0.15, 0.2) is 5.78 Å². The van der Waals surface area contributed by atoms with E-state index in [2.05, 4.69) is 5.32 Å². The first-order valence-corrected chi connectivity index (χ1v) is 7.93. The zero-order chi connectivity index (χ0) is 15.0. The number of anilines is 1. The lowest BCUT2D eigenvalue weighted by atomic mass is 9.97. The zero-order valence-corrected chi connectivity index (χ0v) is 12.7. The number of fused-ring (bicyclic) bond motifs is 1. The van der Waals surface area contributed by atoms with Gasteiger partial charge in [-0.15, -0.1) is 11.8 Å². The second-order valence-corrected chi connectivity index (χ2v) is 6.01. The number of carbonyl (C=O) groups excluding carboxylic acids is 2. The van der Waals surface area contributed by atoms with E-state index >= 15 is 0 Å². The third-order valence-corrected chi connectivity index (χ3v) is 4.32. The van der Waals surface area contributed by atoms with Crippen LogP contribution < -0.4 is 5.32 Å². The number of thioether (sulfide) groups is 1. The van der Waals surface area contributed by atoms with E-state index in [-0.39, 0.29) is 11.7 Å². The molecule has 0 aromatic heterocycles. The average Bonchev–Trinajstić information content (AvgIpc) is 2.85. The topological polar surface area (TPSA) is 46.2 Å². The summed E-state index contributed by atoms with van der Waals surface area (Å²) in [7, 11) is 0. The van der Waals surface area contributed by atoms with Crippen LogP contribution in [-0.4, -0.2) is 17.9 Å². The molecule has 0 spiro atoms. The third-order valence-electron chi connectivity index (χ3n) is 3.58. The molecule has 1 amide bonds. The van der Waals surface area contributed by atoms with Crippen LogP contribution in [-0.2, 0) is 11.2 Å². The molecule has 0 radical (unpaired) electrons. The van der Waals surface area contributed by atoms with Crippen LogP contribution in [0.2, 0.25) is 0 Å². The molecule has 0 atom stereocenters. The number of nitrogens with one attached hydrogen (secondary N) is 1. The fourth-order valence-electron chi connectivity index (χ4n) is 2.58. The van der Waals surface area contributed by atoms with E-state index in [0.717, 1.165) is 16.0 Å². The molecule has 1 heterocycles. The highest BCUT2D eigenvalue weighted by Crippen LogP contribution is 2.30. The average molecular weight is 297 g/mol. The predicted octanol–water partition coefficient (Wildman–Crippen LogP) is 3.44. The first-order valence-electron chi connectivity index (χ1n) is 6.70. The van der Waals surface area contributed by atoms with Gasteiger partial charge in [-0.25, -0.2) is 0 Å². The van der Waals surface area contributed by atoms with Gasteiger partial charge in [-0.05, 0) is 54.6 Å². The highest BCUT2D eigenvalue weighted by atomic mass is 32.2. The Kier molecular flexibility index (Phi) is 3.55. The molecule has 0 aliphatic carbocycles. The molecular weight excluding hydrogens is 282 g/mol. The lowest BCUT2D eigenvalue weighted by Crippen LogP contribution is -2.08. The van der Waals surface area contributed by atoms with Gasteiger partial charge in [-0.2, -0.15) is 0 Å². The number of rotatable bonds is 3. The molecule has 2 aromatic rings. The van der Waals surface area contributed by atoms with Crippen molar-refractivity contribution in [3.8, 4) is 0 Å². The second kappa shape index (κ2) is 5.37. The van der Waals surface area contributed by atoms with Gasteiger partial charge in [-0.3, -0.25) is 9.59 Å². The van der Waals surface area contributed by atoms with Gasteiger partial charge in [0.1, 0.15) is 0 Å². The number of carbonyl (C=O) groups is 2. The van der Waals surface area contributed by atoms with Crippen molar-refractivity contribution in [2.75, 3.05) is 11.6 Å². The highest BCUT2D eigenvalue weighted by molar-refractivity contribution is 7.98. The van der Waals surface area contributed by atoms with Crippen LogP contribution in [0.25, 0.3) is 0 Å². The quantitative estimate of drug-likeness (QED) is 0.697. The van der Waals surface area contributed by atoms with Gasteiger partial charge in [0.25, 0.3) is 0 Å². The van der Waals surface area contributed by atoms with Gasteiger partial charge in [0.2, 0.25) is 5.91 Å². The Labute approximate surface area is 127 Å². The maximum Gasteiger partial charge on any atom is 0.228 e. The van der Waals surface area contributed by atoms with Crippen molar-refractivity contribution in [2.24, 2.45) is 0 Å². The highest BCUT2D eigenvalue weighted by Gasteiger charge is 2.24. The predicted molar refractivity (Wildman–Crippen MR) is 85.2 cm³/mol. The van der Waals surface area contributed by atoms with Crippen LogP contribution in [0.3, 0.4) is 0 Å². The number of aryl methyl sites for hydroxylation is 1. The Morgan fingerprint density at radius 3 is 2.57 bits per heavy atom. The van der Waals surface area contributed by atoms with Crippen molar-refractivity contribution >= 4 is 29.1 Å². The van der Waals surface area contributed by atoms with Gasteiger partial charge >= 0.3 is 0 Å². The maximum atomic E-state index is 12.7. The van der Waals surface area contributed by atoms with E-state index in [1.807, 2.05) is 49.6 Å². The largest absolute Gasteiger partial charge is 0.325 e. The normalized spacial score (nSPS) is 13.0. The smallest absolute Gasteiger partial charge is 0.228 e.